The molecule has 2 aromatic carbocycles. The van der Waals surface area contributed by atoms with E-state index in [2.05, 4.69) is 0 Å². The number of nitro benzene ring substituents is 1. The van der Waals surface area contributed by atoms with Gasteiger partial charge in [0.15, 0.2) is 0 Å². The maximum absolute atomic E-state index is 12.9. The second kappa shape index (κ2) is 9.96. The van der Waals surface area contributed by atoms with E-state index in [9.17, 15) is 29.6 Å². The molecule has 12 nitrogen and oxygen atoms in total. The van der Waals surface area contributed by atoms with E-state index in [0.29, 0.717) is 31.6 Å². The van der Waals surface area contributed by atoms with Gasteiger partial charge in [0.05, 0.1) is 10.6 Å². The Hall–Kier alpha value is -4.35. The number of anilines is 2. The quantitative estimate of drug-likeness (QED) is 0.450. The van der Waals surface area contributed by atoms with Crippen LogP contribution in [0, 0.1) is 10.1 Å². The number of piperidine rings is 1. The van der Waals surface area contributed by atoms with Gasteiger partial charge in [0, 0.05) is 62.5 Å². The number of para-hydroxylation sites is 1. The number of cyclic esters (lactones) is 1. The van der Waals surface area contributed by atoms with Crippen LogP contribution < -0.4 is 14.9 Å². The molecule has 0 spiro atoms. The van der Waals surface area contributed by atoms with Crippen LogP contribution in [0.25, 0.3) is 0 Å². The molecule has 5 rings (SSSR count). The molecule has 2 saturated heterocycles. The minimum absolute atomic E-state index is 0.0928. The minimum Gasteiger partial charge on any atom is -0.530 e. The van der Waals surface area contributed by atoms with Crippen molar-refractivity contribution in [3.05, 3.63) is 63.7 Å². The smallest absolute Gasteiger partial charge is 0.414 e. The number of amides is 3. The number of nitro groups is 1. The van der Waals surface area contributed by atoms with Crippen molar-refractivity contribution in [2.75, 3.05) is 49.1 Å². The number of carbonyl (C=O) groups excluding carboxylic acids is 3. The number of carbonyl (C=O) groups is 3. The topological polar surface area (TPSA) is 140 Å². The van der Waals surface area contributed by atoms with Crippen LogP contribution in [0.1, 0.15) is 28.8 Å². The summed E-state index contributed by atoms with van der Waals surface area (Å²) in [6, 6.07) is 12.0. The van der Waals surface area contributed by atoms with E-state index in [4.69, 9.17) is 4.74 Å². The molecule has 0 atom stereocenters. The van der Waals surface area contributed by atoms with Gasteiger partial charge in [-0.3, -0.25) is 19.8 Å². The lowest BCUT2D eigenvalue weighted by Crippen LogP contribution is -2.53. The van der Waals surface area contributed by atoms with Gasteiger partial charge in [-0.25, -0.2) is 4.79 Å². The minimum atomic E-state index is -1.28. The highest BCUT2D eigenvalue weighted by Crippen LogP contribution is 2.35. The van der Waals surface area contributed by atoms with Gasteiger partial charge >= 0.3 is 6.09 Å². The van der Waals surface area contributed by atoms with Crippen LogP contribution in [-0.4, -0.2) is 78.1 Å². The first kappa shape index (κ1) is 24.3. The molecule has 37 heavy (non-hydrogen) atoms. The summed E-state index contributed by atoms with van der Waals surface area (Å²) in [4.78, 5) is 54.1. The van der Waals surface area contributed by atoms with E-state index in [0.717, 1.165) is 16.2 Å². The molecular formula is C25H26N5O7-. The molecule has 12 heteroatoms. The van der Waals surface area contributed by atoms with Crippen LogP contribution in [0.5, 0.6) is 0 Å². The van der Waals surface area contributed by atoms with Crippen LogP contribution in [-0.2, 0) is 11.3 Å². The van der Waals surface area contributed by atoms with Crippen molar-refractivity contribution < 1.29 is 29.2 Å². The molecular weight excluding hydrogens is 482 g/mol. The first-order valence-corrected chi connectivity index (χ1v) is 12.2. The third-order valence-corrected chi connectivity index (χ3v) is 7.21. The summed E-state index contributed by atoms with van der Waals surface area (Å²) in [6.07, 6.45) is -0.461. The van der Waals surface area contributed by atoms with Gasteiger partial charge in [-0.15, -0.1) is 0 Å². The van der Waals surface area contributed by atoms with E-state index in [1.807, 2.05) is 29.2 Å². The van der Waals surface area contributed by atoms with Crippen LogP contribution in [0.15, 0.2) is 42.5 Å². The normalized spacial score (nSPS) is 18.3. The Kier molecular flexibility index (Phi) is 6.55. The number of hydrogen-bond acceptors (Lipinski definition) is 8. The van der Waals surface area contributed by atoms with Gasteiger partial charge in [-0.2, -0.15) is 0 Å². The Balaban J connectivity index is 1.29. The number of ether oxygens (including phenoxy) is 1. The monoisotopic (exact) mass is 508 g/mol. The van der Waals surface area contributed by atoms with Gasteiger partial charge in [0.1, 0.15) is 18.4 Å². The number of benzene rings is 2. The Labute approximate surface area is 212 Å². The fraction of sp³-hybridized carbons (Fsp3) is 0.400. The zero-order valence-corrected chi connectivity index (χ0v) is 20.1. The summed E-state index contributed by atoms with van der Waals surface area (Å²) in [6.45, 7) is 1.90. The molecule has 3 amide bonds. The van der Waals surface area contributed by atoms with E-state index in [1.165, 1.54) is 11.0 Å². The first-order valence-electron chi connectivity index (χ1n) is 12.2. The number of nitrogens with zero attached hydrogens (tertiary/aromatic N) is 5. The molecule has 0 radical (unpaired) electrons. The van der Waals surface area contributed by atoms with Crippen LogP contribution in [0.4, 0.5) is 26.7 Å². The predicted molar refractivity (Wildman–Crippen MR) is 130 cm³/mol. The lowest BCUT2D eigenvalue weighted by molar-refractivity contribution is -0.384. The summed E-state index contributed by atoms with van der Waals surface area (Å²) in [5.74, 6) is -0.381. The van der Waals surface area contributed by atoms with Crippen molar-refractivity contribution in [2.45, 2.75) is 25.5 Å². The summed E-state index contributed by atoms with van der Waals surface area (Å²) in [5, 5.41) is 22.9. The zero-order valence-electron chi connectivity index (χ0n) is 20.1. The Morgan fingerprint density at radius 2 is 1.59 bits per heavy atom. The first-order chi connectivity index (χ1) is 17.8. The molecule has 3 heterocycles. The third-order valence-electron chi connectivity index (χ3n) is 7.21. The van der Waals surface area contributed by atoms with Crippen molar-refractivity contribution in [2.24, 2.45) is 0 Å². The fourth-order valence-corrected chi connectivity index (χ4v) is 5.23. The Bertz CT molecular complexity index is 1240. The number of carboxylic acid groups (broad SMARTS) is 1. The van der Waals surface area contributed by atoms with Crippen LogP contribution in [0.2, 0.25) is 0 Å². The average Bonchev–Trinajstić information content (AvgIpc) is 2.92. The van der Waals surface area contributed by atoms with Gasteiger partial charge in [-0.05, 0) is 31.0 Å². The molecule has 0 unspecified atom stereocenters. The Morgan fingerprint density at radius 3 is 2.27 bits per heavy atom. The van der Waals surface area contributed by atoms with E-state index < -0.39 is 11.0 Å². The number of piperazine rings is 1. The van der Waals surface area contributed by atoms with E-state index in [-0.39, 0.29) is 62.1 Å². The van der Waals surface area contributed by atoms with Crippen molar-refractivity contribution in [1.29, 1.82) is 0 Å². The van der Waals surface area contributed by atoms with Crippen molar-refractivity contribution in [3.63, 3.8) is 0 Å². The van der Waals surface area contributed by atoms with E-state index >= 15 is 0 Å². The molecule has 0 aliphatic carbocycles. The van der Waals surface area contributed by atoms with Crippen LogP contribution in [0.3, 0.4) is 0 Å². The standard InChI is InChI=1S/C25H27N5O7/c31-23(27-11-13-28(14-12-27)24(32)33)17-5-6-21(22(15-17)30(35)36)26-9-7-19(8-10-26)29-20-4-2-1-3-18(20)16-37-25(29)34/h1-6,15,19H,7-14,16H2,(H,32,33)/p-1. The second-order valence-corrected chi connectivity index (χ2v) is 9.28. The molecule has 0 N–H and O–H groups in total. The Morgan fingerprint density at radius 1 is 0.919 bits per heavy atom. The lowest BCUT2D eigenvalue weighted by Gasteiger charge is -2.40. The average molecular weight is 509 g/mol. The number of fused-ring (bicyclic) bond motifs is 1. The second-order valence-electron chi connectivity index (χ2n) is 9.28. The molecule has 2 aromatic rings. The molecule has 3 aliphatic rings. The molecule has 194 valence electrons. The third kappa shape index (κ3) is 4.74. The SMILES string of the molecule is O=C([O-])N1CCN(C(=O)c2ccc(N3CCC(N4C(=O)OCc5ccccc54)CC3)c([N+](=O)[O-])c2)CC1. The fourth-order valence-electron chi connectivity index (χ4n) is 5.23. The van der Waals surface area contributed by atoms with Crippen molar-refractivity contribution in [3.8, 4) is 0 Å². The maximum atomic E-state index is 12.9. The lowest BCUT2D eigenvalue weighted by atomic mass is 9.99. The van der Waals surface area contributed by atoms with Gasteiger partial charge in [0.2, 0.25) is 0 Å². The summed E-state index contributed by atoms with van der Waals surface area (Å²) >= 11 is 0. The summed E-state index contributed by atoms with van der Waals surface area (Å²) in [7, 11) is 0. The predicted octanol–water partition coefficient (Wildman–Crippen LogP) is 1.82. The molecule has 0 bridgehead atoms. The molecule has 3 aliphatic heterocycles. The number of hydrogen-bond donors (Lipinski definition) is 0. The summed E-state index contributed by atoms with van der Waals surface area (Å²) in [5.41, 5.74) is 2.22. The maximum Gasteiger partial charge on any atom is 0.414 e. The highest BCUT2D eigenvalue weighted by molar-refractivity contribution is 5.96. The molecule has 0 aromatic heterocycles. The largest absolute Gasteiger partial charge is 0.530 e. The highest BCUT2D eigenvalue weighted by atomic mass is 16.6. The van der Waals surface area contributed by atoms with Crippen molar-refractivity contribution >= 4 is 35.2 Å². The van der Waals surface area contributed by atoms with Gasteiger partial charge in [-0.1, -0.05) is 18.2 Å². The van der Waals surface area contributed by atoms with Gasteiger partial charge in [0.25, 0.3) is 11.6 Å². The number of rotatable bonds is 4. The zero-order chi connectivity index (χ0) is 26.1. The van der Waals surface area contributed by atoms with Gasteiger partial charge < -0.3 is 29.3 Å². The summed E-state index contributed by atoms with van der Waals surface area (Å²) < 4.78 is 5.35. The van der Waals surface area contributed by atoms with Crippen molar-refractivity contribution in [1.82, 2.24) is 9.80 Å². The molecule has 0 saturated carbocycles. The molecule has 2 fully saturated rings. The highest BCUT2D eigenvalue weighted by Gasteiger charge is 2.35. The van der Waals surface area contributed by atoms with E-state index in [1.54, 1.807) is 17.0 Å². The van der Waals surface area contributed by atoms with Crippen LogP contribution >= 0.6 is 0 Å².